The lowest BCUT2D eigenvalue weighted by Gasteiger charge is -2.20. The highest BCUT2D eigenvalue weighted by atomic mass is 127. The van der Waals surface area contributed by atoms with Crippen LogP contribution in [0.2, 0.25) is 0 Å². The van der Waals surface area contributed by atoms with E-state index in [9.17, 15) is 0 Å². The van der Waals surface area contributed by atoms with Gasteiger partial charge >= 0.3 is 0 Å². The van der Waals surface area contributed by atoms with Gasteiger partial charge in [0.15, 0.2) is 0 Å². The quantitative estimate of drug-likeness (QED) is 0.156. The minimum absolute atomic E-state index is 0.850. The highest BCUT2D eigenvalue weighted by Crippen LogP contribution is 2.49. The summed E-state index contributed by atoms with van der Waals surface area (Å²) in [6.45, 7) is 0. The molecule has 0 heterocycles. The maximum Gasteiger partial charge on any atom is 0.140 e. The number of hydrogen-bond acceptors (Lipinski definition) is 4. The summed E-state index contributed by atoms with van der Waals surface area (Å²) in [6, 6.07) is 46.2. The molecule has 0 aliphatic heterocycles. The van der Waals surface area contributed by atoms with Crippen molar-refractivity contribution < 1.29 is 18.9 Å². The van der Waals surface area contributed by atoms with Crippen molar-refractivity contribution in [1.82, 2.24) is 0 Å². The molecule has 8 aromatic carbocycles. The molecule has 0 radical (unpaired) electrons. The fourth-order valence-electron chi connectivity index (χ4n) is 6.84. The third-order valence-corrected chi connectivity index (χ3v) is 10.6. The SMILES string of the molecule is COc1c(I)cc2ccccc2c1-c1c(OC)c(I)cc2ccccc12.COc1ccc2ccccc2c1-c1c(OC)ccc2ccccc12. The fraction of sp³-hybridized carbons (Fsp3) is 0.0909. The van der Waals surface area contributed by atoms with E-state index in [0.717, 1.165) is 73.9 Å². The lowest BCUT2D eigenvalue weighted by molar-refractivity contribution is 0.408. The topological polar surface area (TPSA) is 36.9 Å². The molecule has 8 aromatic rings. The van der Waals surface area contributed by atoms with Gasteiger partial charge in [0.2, 0.25) is 0 Å². The van der Waals surface area contributed by atoms with Crippen LogP contribution in [0.15, 0.2) is 133 Å². The number of fused-ring (bicyclic) bond motifs is 4. The molecule has 248 valence electrons. The molecular weight excluding hydrogens is 846 g/mol. The third kappa shape index (κ3) is 6.09. The van der Waals surface area contributed by atoms with Crippen LogP contribution in [0.3, 0.4) is 0 Å². The maximum absolute atomic E-state index is 5.86. The third-order valence-electron chi connectivity index (χ3n) is 9.04. The molecule has 0 aromatic heterocycles. The Morgan fingerprint density at radius 1 is 0.340 bits per heavy atom. The number of ether oxygens (including phenoxy) is 4. The van der Waals surface area contributed by atoms with Gasteiger partial charge in [-0.2, -0.15) is 0 Å². The number of benzene rings is 8. The summed E-state index contributed by atoms with van der Waals surface area (Å²) in [5, 5.41) is 9.39. The summed E-state index contributed by atoms with van der Waals surface area (Å²) in [4.78, 5) is 0. The van der Waals surface area contributed by atoms with Crippen molar-refractivity contribution in [2.45, 2.75) is 0 Å². The van der Waals surface area contributed by atoms with Gasteiger partial charge in [-0.25, -0.2) is 0 Å². The lowest BCUT2D eigenvalue weighted by atomic mass is 9.92. The Labute approximate surface area is 319 Å². The highest BCUT2D eigenvalue weighted by molar-refractivity contribution is 14.1. The first-order chi connectivity index (χ1) is 24.5. The van der Waals surface area contributed by atoms with Gasteiger partial charge in [-0.1, -0.05) is 109 Å². The van der Waals surface area contributed by atoms with Crippen LogP contribution in [-0.2, 0) is 0 Å². The van der Waals surface area contributed by atoms with Crippen LogP contribution in [0.25, 0.3) is 65.3 Å². The average Bonchev–Trinajstić information content (AvgIpc) is 3.16. The van der Waals surface area contributed by atoms with Gasteiger partial charge in [-0.05, 0) is 113 Å². The number of halogens is 2. The van der Waals surface area contributed by atoms with Crippen molar-refractivity contribution in [2.75, 3.05) is 28.4 Å². The summed E-state index contributed by atoms with van der Waals surface area (Å²) in [5.41, 5.74) is 4.32. The van der Waals surface area contributed by atoms with Gasteiger partial charge in [0, 0.05) is 22.3 Å². The Kier molecular flexibility index (Phi) is 10.0. The van der Waals surface area contributed by atoms with E-state index in [1.807, 2.05) is 12.1 Å². The van der Waals surface area contributed by atoms with Crippen molar-refractivity contribution in [2.24, 2.45) is 0 Å². The molecule has 0 amide bonds. The first-order valence-corrected chi connectivity index (χ1v) is 18.3. The number of rotatable bonds is 6. The molecule has 0 saturated carbocycles. The van der Waals surface area contributed by atoms with Crippen molar-refractivity contribution in [3.05, 3.63) is 141 Å². The normalized spacial score (nSPS) is 11.0. The highest BCUT2D eigenvalue weighted by Gasteiger charge is 2.22. The largest absolute Gasteiger partial charge is 0.496 e. The number of methoxy groups -OCH3 is 4. The van der Waals surface area contributed by atoms with Crippen LogP contribution in [0.4, 0.5) is 0 Å². The molecular formula is C44H34I2O4. The van der Waals surface area contributed by atoms with Gasteiger partial charge in [-0.3, -0.25) is 0 Å². The Bertz CT molecular complexity index is 2350. The van der Waals surface area contributed by atoms with Crippen LogP contribution in [0.5, 0.6) is 23.0 Å². The summed E-state index contributed by atoms with van der Waals surface area (Å²) in [5.74, 6) is 3.47. The van der Waals surface area contributed by atoms with Gasteiger partial charge in [0.25, 0.3) is 0 Å². The molecule has 0 N–H and O–H groups in total. The predicted octanol–water partition coefficient (Wildman–Crippen LogP) is 12.6. The second-order valence-electron chi connectivity index (χ2n) is 11.7. The van der Waals surface area contributed by atoms with E-state index in [1.165, 1.54) is 21.5 Å². The summed E-state index contributed by atoms with van der Waals surface area (Å²) >= 11 is 4.70. The zero-order chi connectivity index (χ0) is 34.8. The van der Waals surface area contributed by atoms with Gasteiger partial charge in [0.1, 0.15) is 23.0 Å². The van der Waals surface area contributed by atoms with Gasteiger partial charge in [-0.15, -0.1) is 0 Å². The molecule has 0 bridgehead atoms. The molecule has 0 aliphatic rings. The Balaban J connectivity index is 0.000000157. The van der Waals surface area contributed by atoms with Crippen molar-refractivity contribution in [3.8, 4) is 45.3 Å². The minimum atomic E-state index is 0.850. The second kappa shape index (κ2) is 14.7. The van der Waals surface area contributed by atoms with Gasteiger partial charge in [0.05, 0.1) is 35.6 Å². The first-order valence-electron chi connectivity index (χ1n) is 16.1. The van der Waals surface area contributed by atoms with Crippen molar-refractivity contribution >= 4 is 88.3 Å². The molecule has 4 nitrogen and oxygen atoms in total. The van der Waals surface area contributed by atoms with E-state index in [2.05, 4.69) is 167 Å². The van der Waals surface area contributed by atoms with E-state index in [0.29, 0.717) is 0 Å². The zero-order valence-corrected chi connectivity index (χ0v) is 32.4. The molecule has 0 fully saturated rings. The summed E-state index contributed by atoms with van der Waals surface area (Å²) in [6.07, 6.45) is 0. The number of hydrogen-bond donors (Lipinski definition) is 0. The first kappa shape index (κ1) is 33.9. The molecule has 0 saturated heterocycles. The van der Waals surface area contributed by atoms with Crippen molar-refractivity contribution in [1.29, 1.82) is 0 Å². The molecule has 8 rings (SSSR count). The van der Waals surface area contributed by atoms with E-state index in [-0.39, 0.29) is 0 Å². The molecule has 6 heteroatoms. The summed E-state index contributed by atoms with van der Waals surface area (Å²) in [7, 11) is 6.90. The fourth-order valence-corrected chi connectivity index (χ4v) is 8.49. The van der Waals surface area contributed by atoms with E-state index >= 15 is 0 Å². The Hall–Kier alpha value is -4.54. The van der Waals surface area contributed by atoms with E-state index in [1.54, 1.807) is 28.4 Å². The second-order valence-corrected chi connectivity index (χ2v) is 14.0. The predicted molar refractivity (Wildman–Crippen MR) is 225 cm³/mol. The van der Waals surface area contributed by atoms with Crippen molar-refractivity contribution in [3.63, 3.8) is 0 Å². The van der Waals surface area contributed by atoms with E-state index < -0.39 is 0 Å². The summed E-state index contributed by atoms with van der Waals surface area (Å²) < 4.78 is 25.3. The van der Waals surface area contributed by atoms with E-state index in [4.69, 9.17) is 18.9 Å². The zero-order valence-electron chi connectivity index (χ0n) is 28.1. The average molecular weight is 881 g/mol. The standard InChI is InChI=1S/C22H16I2O2.C22H18O2/c1-25-21-17(23)11-13-7-3-5-9-15(13)19(21)20-16-10-6-4-8-14(16)12-18(24)22(20)26-2;1-23-19-13-11-15-7-3-5-9-17(15)21(19)22-18-10-6-4-8-16(18)12-14-20(22)24-2/h3-12H,1-2H3;3-14H,1-2H3. The van der Waals surface area contributed by atoms with Crippen LogP contribution < -0.4 is 18.9 Å². The molecule has 0 spiro atoms. The van der Waals surface area contributed by atoms with Crippen LogP contribution in [0.1, 0.15) is 0 Å². The van der Waals surface area contributed by atoms with Crippen LogP contribution in [-0.4, -0.2) is 28.4 Å². The smallest absolute Gasteiger partial charge is 0.140 e. The maximum atomic E-state index is 5.86. The van der Waals surface area contributed by atoms with Crippen LogP contribution >= 0.6 is 45.2 Å². The molecule has 0 atom stereocenters. The molecule has 50 heavy (non-hydrogen) atoms. The molecule has 0 unspecified atom stereocenters. The van der Waals surface area contributed by atoms with Crippen LogP contribution in [0, 0.1) is 7.14 Å². The lowest BCUT2D eigenvalue weighted by Crippen LogP contribution is -1.98. The molecule has 0 aliphatic carbocycles. The Morgan fingerprint density at radius 3 is 1.00 bits per heavy atom. The Morgan fingerprint density at radius 2 is 0.660 bits per heavy atom. The minimum Gasteiger partial charge on any atom is -0.496 e. The van der Waals surface area contributed by atoms with Gasteiger partial charge < -0.3 is 18.9 Å². The monoisotopic (exact) mass is 880 g/mol.